The maximum absolute atomic E-state index is 6.00. The van der Waals surface area contributed by atoms with Gasteiger partial charge in [-0.2, -0.15) is 0 Å². The highest BCUT2D eigenvalue weighted by Crippen LogP contribution is 2.41. The molecule has 1 aromatic heterocycles. The molecular formula is C17H20N2O2. The van der Waals surface area contributed by atoms with Crippen molar-refractivity contribution in [1.29, 1.82) is 0 Å². The lowest BCUT2D eigenvalue weighted by atomic mass is 10.0. The van der Waals surface area contributed by atoms with Crippen LogP contribution in [0.15, 0.2) is 36.4 Å². The van der Waals surface area contributed by atoms with Crippen LogP contribution in [-0.2, 0) is 13.0 Å². The lowest BCUT2D eigenvalue weighted by molar-refractivity contribution is 0.131. The summed E-state index contributed by atoms with van der Waals surface area (Å²) in [5, 5.41) is 3.03. The number of hydrogen-bond acceptors (Lipinski definition) is 4. The predicted octanol–water partition coefficient (Wildman–Crippen LogP) is 3.42. The molecule has 110 valence electrons. The minimum Gasteiger partial charge on any atom is -0.483 e. The van der Waals surface area contributed by atoms with Gasteiger partial charge >= 0.3 is 0 Å². The molecule has 1 N–H and O–H groups in total. The molecule has 0 amide bonds. The Labute approximate surface area is 125 Å². The summed E-state index contributed by atoms with van der Waals surface area (Å²) < 4.78 is 11.9. The van der Waals surface area contributed by atoms with E-state index in [4.69, 9.17) is 9.47 Å². The Hall–Kier alpha value is -2.23. The van der Waals surface area contributed by atoms with Crippen molar-refractivity contribution >= 4 is 5.82 Å². The van der Waals surface area contributed by atoms with Crippen LogP contribution in [0.25, 0.3) is 0 Å². The fourth-order valence-electron chi connectivity index (χ4n) is 2.55. The van der Waals surface area contributed by atoms with Crippen molar-refractivity contribution in [2.75, 3.05) is 12.4 Å². The van der Waals surface area contributed by atoms with E-state index in [1.165, 1.54) is 5.56 Å². The van der Waals surface area contributed by atoms with Gasteiger partial charge < -0.3 is 14.8 Å². The average molecular weight is 284 g/mol. The molecule has 0 saturated heterocycles. The Morgan fingerprint density at radius 2 is 2.05 bits per heavy atom. The van der Waals surface area contributed by atoms with Gasteiger partial charge in [0, 0.05) is 19.0 Å². The van der Waals surface area contributed by atoms with Crippen LogP contribution in [0.4, 0.5) is 5.82 Å². The van der Waals surface area contributed by atoms with E-state index < -0.39 is 0 Å². The zero-order valence-electron chi connectivity index (χ0n) is 12.6. The molecule has 1 aliphatic rings. The van der Waals surface area contributed by atoms with Gasteiger partial charge in [-0.05, 0) is 32.0 Å². The Morgan fingerprint density at radius 3 is 2.86 bits per heavy atom. The molecule has 0 fully saturated rings. The van der Waals surface area contributed by atoms with Gasteiger partial charge in [-0.15, -0.1) is 0 Å². The largest absolute Gasteiger partial charge is 0.483 e. The summed E-state index contributed by atoms with van der Waals surface area (Å²) >= 11 is 0. The molecule has 0 bridgehead atoms. The first-order valence-electron chi connectivity index (χ1n) is 7.15. The van der Waals surface area contributed by atoms with E-state index in [9.17, 15) is 0 Å². The van der Waals surface area contributed by atoms with Gasteiger partial charge in [-0.1, -0.05) is 18.2 Å². The third-order valence-corrected chi connectivity index (χ3v) is 3.49. The molecule has 4 heteroatoms. The zero-order chi connectivity index (χ0) is 14.9. The summed E-state index contributed by atoms with van der Waals surface area (Å²) in [5.74, 6) is 2.49. The number of nitrogens with one attached hydrogen (secondary N) is 1. The maximum Gasteiger partial charge on any atom is 0.165 e. The maximum atomic E-state index is 6.00. The first-order chi connectivity index (χ1) is 10.1. The minimum absolute atomic E-state index is 0.161. The topological polar surface area (TPSA) is 43.4 Å². The number of nitrogens with zero attached hydrogens (tertiary/aromatic N) is 1. The van der Waals surface area contributed by atoms with Gasteiger partial charge in [0.1, 0.15) is 18.0 Å². The third kappa shape index (κ3) is 2.94. The van der Waals surface area contributed by atoms with Gasteiger partial charge in [-0.25, -0.2) is 4.98 Å². The van der Waals surface area contributed by atoms with E-state index in [0.29, 0.717) is 6.61 Å². The smallest absolute Gasteiger partial charge is 0.165 e. The lowest BCUT2D eigenvalue weighted by Crippen LogP contribution is -2.24. The highest BCUT2D eigenvalue weighted by molar-refractivity contribution is 5.50. The van der Waals surface area contributed by atoms with E-state index in [0.717, 1.165) is 29.4 Å². The van der Waals surface area contributed by atoms with Gasteiger partial charge in [0.2, 0.25) is 0 Å². The first kappa shape index (κ1) is 13.7. The molecule has 0 spiro atoms. The van der Waals surface area contributed by atoms with Crippen molar-refractivity contribution in [3.63, 3.8) is 0 Å². The molecule has 1 aromatic carbocycles. The second kappa shape index (κ2) is 5.28. The van der Waals surface area contributed by atoms with Crippen LogP contribution in [0, 0.1) is 0 Å². The Balaban J connectivity index is 1.76. The number of aromatic nitrogens is 1. The summed E-state index contributed by atoms with van der Waals surface area (Å²) in [6.07, 6.45) is 0.910. The van der Waals surface area contributed by atoms with Gasteiger partial charge in [-0.3, -0.25) is 0 Å². The van der Waals surface area contributed by atoms with Crippen molar-refractivity contribution in [3.8, 4) is 11.5 Å². The average Bonchev–Trinajstić information content (AvgIpc) is 2.79. The summed E-state index contributed by atoms with van der Waals surface area (Å²) in [5.41, 5.74) is 1.93. The van der Waals surface area contributed by atoms with Crippen molar-refractivity contribution in [2.24, 2.45) is 0 Å². The van der Waals surface area contributed by atoms with Crippen LogP contribution in [0.3, 0.4) is 0 Å². The quantitative estimate of drug-likeness (QED) is 0.934. The van der Waals surface area contributed by atoms with Crippen LogP contribution in [0.5, 0.6) is 11.5 Å². The fourth-order valence-corrected chi connectivity index (χ4v) is 2.55. The Kier molecular flexibility index (Phi) is 3.45. The standard InChI is InChI=1S/C17H20N2O2/c1-17(2)10-12-6-4-8-14(16(12)21-17)20-11-13-7-5-9-15(18-3)19-13/h4-9H,10-11H2,1-3H3,(H,18,19). The van der Waals surface area contributed by atoms with Gasteiger partial charge in [0.25, 0.3) is 0 Å². The fraction of sp³-hybridized carbons (Fsp3) is 0.353. The number of fused-ring (bicyclic) bond motifs is 1. The van der Waals surface area contributed by atoms with Crippen molar-refractivity contribution in [3.05, 3.63) is 47.7 Å². The van der Waals surface area contributed by atoms with E-state index in [2.05, 4.69) is 30.2 Å². The molecule has 0 aliphatic carbocycles. The van der Waals surface area contributed by atoms with E-state index in [1.54, 1.807) is 0 Å². The molecule has 3 rings (SSSR count). The van der Waals surface area contributed by atoms with E-state index >= 15 is 0 Å². The number of ether oxygens (including phenoxy) is 2. The minimum atomic E-state index is -0.161. The van der Waals surface area contributed by atoms with Gasteiger partial charge in [0.05, 0.1) is 5.69 Å². The van der Waals surface area contributed by atoms with Crippen molar-refractivity contribution < 1.29 is 9.47 Å². The zero-order valence-corrected chi connectivity index (χ0v) is 12.6. The molecular weight excluding hydrogens is 264 g/mol. The highest BCUT2D eigenvalue weighted by Gasteiger charge is 2.32. The monoisotopic (exact) mass is 284 g/mol. The summed E-state index contributed by atoms with van der Waals surface area (Å²) in [7, 11) is 1.85. The van der Waals surface area contributed by atoms with Crippen LogP contribution in [0.2, 0.25) is 0 Å². The molecule has 21 heavy (non-hydrogen) atoms. The number of benzene rings is 1. The molecule has 0 unspecified atom stereocenters. The first-order valence-corrected chi connectivity index (χ1v) is 7.15. The molecule has 1 aliphatic heterocycles. The van der Waals surface area contributed by atoms with Crippen LogP contribution in [-0.4, -0.2) is 17.6 Å². The van der Waals surface area contributed by atoms with Crippen LogP contribution >= 0.6 is 0 Å². The lowest BCUT2D eigenvalue weighted by Gasteiger charge is -2.18. The second-order valence-electron chi connectivity index (χ2n) is 5.84. The van der Waals surface area contributed by atoms with Crippen molar-refractivity contribution in [2.45, 2.75) is 32.5 Å². The number of rotatable bonds is 4. The van der Waals surface area contributed by atoms with Crippen LogP contribution < -0.4 is 14.8 Å². The van der Waals surface area contributed by atoms with Crippen LogP contribution in [0.1, 0.15) is 25.1 Å². The van der Waals surface area contributed by atoms with E-state index in [-0.39, 0.29) is 5.60 Å². The molecule has 2 heterocycles. The van der Waals surface area contributed by atoms with Gasteiger partial charge in [0.15, 0.2) is 11.5 Å². The molecule has 4 nitrogen and oxygen atoms in total. The Morgan fingerprint density at radius 1 is 1.24 bits per heavy atom. The molecule has 2 aromatic rings. The summed E-state index contributed by atoms with van der Waals surface area (Å²) in [6.45, 7) is 4.61. The molecule has 0 saturated carbocycles. The second-order valence-corrected chi connectivity index (χ2v) is 5.84. The number of anilines is 1. The normalized spacial score (nSPS) is 15.2. The Bertz CT molecular complexity index is 653. The third-order valence-electron chi connectivity index (χ3n) is 3.49. The number of hydrogen-bond donors (Lipinski definition) is 1. The number of pyridine rings is 1. The summed E-state index contributed by atoms with van der Waals surface area (Å²) in [6, 6.07) is 11.9. The van der Waals surface area contributed by atoms with Crippen molar-refractivity contribution in [1.82, 2.24) is 4.98 Å². The van der Waals surface area contributed by atoms with E-state index in [1.807, 2.05) is 37.4 Å². The molecule has 0 atom stereocenters. The predicted molar refractivity (Wildman–Crippen MR) is 83.0 cm³/mol. The molecule has 0 radical (unpaired) electrons. The summed E-state index contributed by atoms with van der Waals surface area (Å²) in [4.78, 5) is 4.45. The number of para-hydroxylation sites is 1. The SMILES string of the molecule is CNc1cccc(COc2cccc3c2OC(C)(C)C3)n1. The highest BCUT2D eigenvalue weighted by atomic mass is 16.5.